The predicted molar refractivity (Wildman–Crippen MR) is 71.9 cm³/mol. The van der Waals surface area contributed by atoms with E-state index in [1.807, 2.05) is 27.7 Å². The Morgan fingerprint density at radius 2 is 1.95 bits per heavy atom. The van der Waals surface area contributed by atoms with Crippen LogP contribution in [0.3, 0.4) is 0 Å². The average molecular weight is 271 g/mol. The Bertz CT molecular complexity index is 348. The zero-order valence-electron chi connectivity index (χ0n) is 12.5. The first-order valence-electron chi connectivity index (χ1n) is 6.84. The zero-order chi connectivity index (χ0) is 14.8. The van der Waals surface area contributed by atoms with E-state index in [1.54, 1.807) is 11.8 Å². The van der Waals surface area contributed by atoms with Gasteiger partial charge in [0.2, 0.25) is 0 Å². The van der Waals surface area contributed by atoms with Crippen molar-refractivity contribution in [2.24, 2.45) is 11.8 Å². The second-order valence-electron chi connectivity index (χ2n) is 6.43. The number of carbonyl (C=O) groups is 2. The lowest BCUT2D eigenvalue weighted by Gasteiger charge is -2.39. The maximum absolute atomic E-state index is 12.0. The third-order valence-electron chi connectivity index (χ3n) is 3.64. The summed E-state index contributed by atoms with van der Waals surface area (Å²) in [4.78, 5) is 24.7. The fourth-order valence-corrected chi connectivity index (χ4v) is 2.46. The molecule has 0 aromatic carbocycles. The molecule has 1 aliphatic heterocycles. The molecule has 3 atom stereocenters. The van der Waals surface area contributed by atoms with Crippen LogP contribution in [0.4, 0.5) is 4.79 Å². The van der Waals surface area contributed by atoms with Crippen LogP contribution in [0.25, 0.3) is 0 Å². The third-order valence-corrected chi connectivity index (χ3v) is 3.64. The second kappa shape index (κ2) is 5.80. The van der Waals surface area contributed by atoms with Crippen molar-refractivity contribution >= 4 is 12.1 Å². The number of aliphatic carboxylic acids is 1. The van der Waals surface area contributed by atoms with Crippen LogP contribution in [-0.2, 0) is 9.53 Å². The van der Waals surface area contributed by atoms with Gasteiger partial charge in [0.15, 0.2) is 0 Å². The maximum Gasteiger partial charge on any atom is 0.410 e. The normalized spacial score (nSPS) is 25.8. The molecule has 0 radical (unpaired) electrons. The van der Waals surface area contributed by atoms with Crippen molar-refractivity contribution in [1.82, 2.24) is 4.90 Å². The summed E-state index contributed by atoms with van der Waals surface area (Å²) in [7, 11) is 0. The van der Waals surface area contributed by atoms with E-state index in [9.17, 15) is 9.59 Å². The van der Waals surface area contributed by atoms with Crippen molar-refractivity contribution in [2.45, 2.75) is 59.1 Å². The summed E-state index contributed by atoms with van der Waals surface area (Å²) >= 11 is 0. The molecule has 5 nitrogen and oxygen atoms in total. The molecule has 5 heteroatoms. The summed E-state index contributed by atoms with van der Waals surface area (Å²) in [5, 5.41) is 9.04. The van der Waals surface area contributed by atoms with Crippen molar-refractivity contribution in [3.63, 3.8) is 0 Å². The molecule has 1 aliphatic rings. The van der Waals surface area contributed by atoms with E-state index in [1.165, 1.54) is 0 Å². The molecule has 0 saturated carbocycles. The molecule has 0 aliphatic carbocycles. The summed E-state index contributed by atoms with van der Waals surface area (Å²) in [6.45, 7) is 9.78. The fraction of sp³-hybridized carbons (Fsp3) is 0.857. The average Bonchev–Trinajstić information content (AvgIpc) is 2.25. The van der Waals surface area contributed by atoms with Gasteiger partial charge in [0, 0.05) is 12.6 Å². The standard InChI is InChI=1S/C14H25NO4/c1-9-8-11(10(2)12(16)17)6-7-15(9)13(18)19-14(3,4)5/h9-11H,6-8H2,1-5H3,(H,16,17)/t9-,10-,11+/m1/s1. The van der Waals surface area contributed by atoms with Gasteiger partial charge >= 0.3 is 12.1 Å². The van der Waals surface area contributed by atoms with E-state index < -0.39 is 11.6 Å². The Morgan fingerprint density at radius 3 is 2.37 bits per heavy atom. The minimum Gasteiger partial charge on any atom is -0.481 e. The van der Waals surface area contributed by atoms with Gasteiger partial charge in [-0.05, 0) is 46.5 Å². The van der Waals surface area contributed by atoms with Crippen LogP contribution in [0, 0.1) is 11.8 Å². The number of amides is 1. The first kappa shape index (κ1) is 15.8. The van der Waals surface area contributed by atoms with Crippen molar-refractivity contribution in [3.8, 4) is 0 Å². The summed E-state index contributed by atoms with van der Waals surface area (Å²) < 4.78 is 5.36. The quantitative estimate of drug-likeness (QED) is 0.838. The molecule has 1 fully saturated rings. The van der Waals surface area contributed by atoms with E-state index in [4.69, 9.17) is 9.84 Å². The van der Waals surface area contributed by atoms with Crippen molar-refractivity contribution in [3.05, 3.63) is 0 Å². The highest BCUT2D eigenvalue weighted by Gasteiger charge is 2.35. The van der Waals surface area contributed by atoms with Gasteiger partial charge in [-0.15, -0.1) is 0 Å². The third kappa shape index (κ3) is 4.40. The number of carboxylic acid groups (broad SMARTS) is 1. The molecule has 1 N–H and O–H groups in total. The lowest BCUT2D eigenvalue weighted by molar-refractivity contribution is -0.143. The molecule has 0 aromatic heterocycles. The molecule has 0 bridgehead atoms. The van der Waals surface area contributed by atoms with E-state index in [0.29, 0.717) is 13.0 Å². The molecule has 1 amide bonds. The molecular formula is C14H25NO4. The number of ether oxygens (including phenoxy) is 1. The first-order valence-corrected chi connectivity index (χ1v) is 6.84. The molecule has 1 heterocycles. The summed E-state index contributed by atoms with van der Waals surface area (Å²) in [5.41, 5.74) is -0.498. The van der Waals surface area contributed by atoms with E-state index in [0.717, 1.165) is 6.42 Å². The van der Waals surface area contributed by atoms with Gasteiger partial charge in [-0.2, -0.15) is 0 Å². The largest absolute Gasteiger partial charge is 0.481 e. The number of carboxylic acids is 1. The van der Waals surface area contributed by atoms with Gasteiger partial charge in [0.1, 0.15) is 5.60 Å². The number of piperidine rings is 1. The van der Waals surface area contributed by atoms with Crippen LogP contribution in [0.5, 0.6) is 0 Å². The molecule has 0 spiro atoms. The molecule has 19 heavy (non-hydrogen) atoms. The van der Waals surface area contributed by atoms with Gasteiger partial charge in [-0.3, -0.25) is 4.79 Å². The Hall–Kier alpha value is -1.26. The zero-order valence-corrected chi connectivity index (χ0v) is 12.5. The van der Waals surface area contributed by atoms with Crippen LogP contribution >= 0.6 is 0 Å². The summed E-state index contributed by atoms with van der Waals surface area (Å²) in [5.74, 6) is -0.989. The van der Waals surface area contributed by atoms with E-state index in [2.05, 4.69) is 0 Å². The molecular weight excluding hydrogens is 246 g/mol. The van der Waals surface area contributed by atoms with Gasteiger partial charge in [0.25, 0.3) is 0 Å². The van der Waals surface area contributed by atoms with Gasteiger partial charge in [-0.25, -0.2) is 4.79 Å². The number of hydrogen-bond donors (Lipinski definition) is 1. The van der Waals surface area contributed by atoms with Crippen molar-refractivity contribution in [2.75, 3.05) is 6.54 Å². The second-order valence-corrected chi connectivity index (χ2v) is 6.43. The number of hydrogen-bond acceptors (Lipinski definition) is 3. The summed E-state index contributed by atoms with van der Waals surface area (Å²) in [6.07, 6.45) is 1.13. The number of likely N-dealkylation sites (tertiary alicyclic amines) is 1. The van der Waals surface area contributed by atoms with Crippen LogP contribution in [0.15, 0.2) is 0 Å². The molecule has 1 rings (SSSR count). The van der Waals surface area contributed by atoms with Gasteiger partial charge in [0.05, 0.1) is 5.92 Å². The molecule has 110 valence electrons. The number of carbonyl (C=O) groups excluding carboxylic acids is 1. The maximum atomic E-state index is 12.0. The number of nitrogens with zero attached hydrogens (tertiary/aromatic N) is 1. The highest BCUT2D eigenvalue weighted by Crippen LogP contribution is 2.29. The van der Waals surface area contributed by atoms with Crippen LogP contribution in [0.2, 0.25) is 0 Å². The smallest absolute Gasteiger partial charge is 0.410 e. The molecule has 0 unspecified atom stereocenters. The Labute approximate surface area is 114 Å². The Kier molecular flexibility index (Phi) is 4.82. The Balaban J connectivity index is 2.60. The lowest BCUT2D eigenvalue weighted by atomic mass is 9.82. The summed E-state index contributed by atoms with van der Waals surface area (Å²) in [6, 6.07) is 0.0235. The minimum absolute atomic E-state index is 0.0235. The van der Waals surface area contributed by atoms with Crippen molar-refractivity contribution in [1.29, 1.82) is 0 Å². The topological polar surface area (TPSA) is 66.8 Å². The number of rotatable bonds is 2. The molecule has 1 saturated heterocycles. The SMILES string of the molecule is C[C@@H]1C[C@@H]([C@@H](C)C(=O)O)CCN1C(=O)OC(C)(C)C. The van der Waals surface area contributed by atoms with E-state index >= 15 is 0 Å². The van der Waals surface area contributed by atoms with Crippen molar-refractivity contribution < 1.29 is 19.4 Å². The minimum atomic E-state index is -0.761. The highest BCUT2D eigenvalue weighted by molar-refractivity contribution is 5.70. The lowest BCUT2D eigenvalue weighted by Crippen LogP contribution is -2.48. The predicted octanol–water partition coefficient (Wildman–Crippen LogP) is 2.74. The van der Waals surface area contributed by atoms with Crippen LogP contribution in [-0.4, -0.2) is 40.3 Å². The van der Waals surface area contributed by atoms with E-state index in [-0.39, 0.29) is 24.0 Å². The van der Waals surface area contributed by atoms with Gasteiger partial charge < -0.3 is 14.7 Å². The van der Waals surface area contributed by atoms with Crippen LogP contribution in [0.1, 0.15) is 47.5 Å². The monoisotopic (exact) mass is 271 g/mol. The van der Waals surface area contributed by atoms with Crippen LogP contribution < -0.4 is 0 Å². The van der Waals surface area contributed by atoms with Gasteiger partial charge in [-0.1, -0.05) is 6.92 Å². The fourth-order valence-electron chi connectivity index (χ4n) is 2.46. The first-order chi connectivity index (χ1) is 8.61. The Morgan fingerprint density at radius 1 is 1.37 bits per heavy atom. The highest BCUT2D eigenvalue weighted by atomic mass is 16.6. The molecule has 0 aromatic rings.